The molecular weight excluding hydrogens is 358 g/mol. The molecule has 0 fully saturated rings. The maximum Gasteiger partial charge on any atom is 0.335 e. The second kappa shape index (κ2) is 6.22. The molecule has 0 spiro atoms. The van der Waals surface area contributed by atoms with Crippen molar-refractivity contribution >= 4 is 44.3 Å². The van der Waals surface area contributed by atoms with Crippen LogP contribution in [0.1, 0.15) is 20.7 Å². The lowest BCUT2D eigenvalue weighted by atomic mass is 10.0. The van der Waals surface area contributed by atoms with Crippen molar-refractivity contribution < 1.29 is 14.7 Å². The van der Waals surface area contributed by atoms with Crippen LogP contribution in [0.5, 0.6) is 0 Å². The summed E-state index contributed by atoms with van der Waals surface area (Å²) >= 11 is 3.48. The summed E-state index contributed by atoms with van der Waals surface area (Å²) in [6.07, 6.45) is 0. The predicted molar refractivity (Wildman–Crippen MR) is 93.0 cm³/mol. The fourth-order valence-electron chi connectivity index (χ4n) is 2.36. The first-order chi connectivity index (χ1) is 11.1. The van der Waals surface area contributed by atoms with E-state index in [9.17, 15) is 9.59 Å². The molecule has 0 aliphatic carbocycles. The van der Waals surface area contributed by atoms with E-state index in [-0.39, 0.29) is 11.5 Å². The van der Waals surface area contributed by atoms with Crippen molar-refractivity contribution in [2.45, 2.75) is 0 Å². The summed E-state index contributed by atoms with van der Waals surface area (Å²) < 4.78 is 0.926. The van der Waals surface area contributed by atoms with Crippen molar-refractivity contribution in [2.24, 2.45) is 0 Å². The fraction of sp³-hybridized carbons (Fsp3) is 0. The number of amides is 1. The Morgan fingerprint density at radius 2 is 1.52 bits per heavy atom. The second-order valence-corrected chi connectivity index (χ2v) is 5.83. The number of carbonyl (C=O) groups is 2. The van der Waals surface area contributed by atoms with Gasteiger partial charge in [-0.05, 0) is 47.2 Å². The zero-order valence-electron chi connectivity index (χ0n) is 11.9. The van der Waals surface area contributed by atoms with Crippen molar-refractivity contribution in [3.8, 4) is 0 Å². The molecular formula is C18H12BrNO3. The highest BCUT2D eigenvalue weighted by Gasteiger charge is 2.11. The van der Waals surface area contributed by atoms with E-state index in [0.29, 0.717) is 11.3 Å². The molecule has 114 valence electrons. The van der Waals surface area contributed by atoms with E-state index in [0.717, 1.165) is 15.2 Å². The number of benzene rings is 3. The number of carboxylic acids is 1. The highest BCUT2D eigenvalue weighted by molar-refractivity contribution is 9.10. The monoisotopic (exact) mass is 369 g/mol. The summed E-state index contributed by atoms with van der Waals surface area (Å²) in [5.74, 6) is -1.24. The van der Waals surface area contributed by atoms with Gasteiger partial charge in [-0.15, -0.1) is 0 Å². The van der Waals surface area contributed by atoms with E-state index in [1.54, 1.807) is 18.2 Å². The Kier molecular flexibility index (Phi) is 4.12. The zero-order valence-corrected chi connectivity index (χ0v) is 13.5. The summed E-state index contributed by atoms with van der Waals surface area (Å²) in [5.41, 5.74) is 1.29. The Morgan fingerprint density at radius 1 is 0.870 bits per heavy atom. The van der Waals surface area contributed by atoms with Gasteiger partial charge < -0.3 is 10.4 Å². The molecule has 0 aromatic heterocycles. The lowest BCUT2D eigenvalue weighted by Crippen LogP contribution is -2.12. The summed E-state index contributed by atoms with van der Waals surface area (Å²) in [6.45, 7) is 0. The molecule has 3 aromatic rings. The van der Waals surface area contributed by atoms with Crippen LogP contribution < -0.4 is 5.32 Å². The van der Waals surface area contributed by atoms with E-state index in [1.165, 1.54) is 12.1 Å². The van der Waals surface area contributed by atoms with Gasteiger partial charge in [0, 0.05) is 15.7 Å². The third kappa shape index (κ3) is 3.10. The normalized spacial score (nSPS) is 10.5. The van der Waals surface area contributed by atoms with Crippen molar-refractivity contribution in [2.75, 3.05) is 5.32 Å². The van der Waals surface area contributed by atoms with Crippen LogP contribution in [0.2, 0.25) is 0 Å². The number of carbonyl (C=O) groups excluding carboxylic acids is 1. The molecule has 0 aliphatic heterocycles. The number of anilines is 1. The van der Waals surface area contributed by atoms with Crippen LogP contribution in [0.3, 0.4) is 0 Å². The molecule has 5 heteroatoms. The molecule has 2 N–H and O–H groups in total. The molecule has 1 amide bonds. The van der Waals surface area contributed by atoms with Gasteiger partial charge in [-0.3, -0.25) is 4.79 Å². The average molecular weight is 370 g/mol. The minimum Gasteiger partial charge on any atom is -0.478 e. The molecule has 0 saturated heterocycles. The summed E-state index contributed by atoms with van der Waals surface area (Å²) in [4.78, 5) is 23.4. The van der Waals surface area contributed by atoms with Gasteiger partial charge in [0.2, 0.25) is 0 Å². The number of rotatable bonds is 3. The third-order valence-corrected chi connectivity index (χ3v) is 4.19. The number of hydrogen-bond donors (Lipinski definition) is 2. The van der Waals surface area contributed by atoms with Crippen molar-refractivity contribution in [1.29, 1.82) is 0 Å². The standard InChI is InChI=1S/C18H12BrNO3/c19-16-6-2-3-13-14(16)4-1-5-15(13)17(21)20-12-9-7-11(8-10-12)18(22)23/h1-10H,(H,20,21)(H,22,23). The number of carboxylic acid groups (broad SMARTS) is 1. The first kappa shape index (κ1) is 15.2. The second-order valence-electron chi connectivity index (χ2n) is 4.98. The van der Waals surface area contributed by atoms with Crippen LogP contribution in [0.25, 0.3) is 10.8 Å². The quantitative estimate of drug-likeness (QED) is 0.711. The van der Waals surface area contributed by atoms with Gasteiger partial charge in [0.1, 0.15) is 0 Å². The topological polar surface area (TPSA) is 66.4 Å². The predicted octanol–water partition coefficient (Wildman–Crippen LogP) is 4.55. The highest BCUT2D eigenvalue weighted by atomic mass is 79.9. The van der Waals surface area contributed by atoms with Gasteiger partial charge in [0.15, 0.2) is 0 Å². The molecule has 0 heterocycles. The summed E-state index contributed by atoms with van der Waals surface area (Å²) in [7, 11) is 0. The molecule has 0 bridgehead atoms. The number of aromatic carboxylic acids is 1. The Morgan fingerprint density at radius 3 is 2.22 bits per heavy atom. The zero-order chi connectivity index (χ0) is 16.4. The third-order valence-electron chi connectivity index (χ3n) is 3.50. The summed E-state index contributed by atoms with van der Waals surface area (Å²) in [5, 5.41) is 13.5. The maximum atomic E-state index is 12.5. The van der Waals surface area contributed by atoms with E-state index in [2.05, 4.69) is 21.2 Å². The molecule has 4 nitrogen and oxygen atoms in total. The first-order valence-corrected chi connectivity index (χ1v) is 7.67. The van der Waals surface area contributed by atoms with Crippen LogP contribution >= 0.6 is 15.9 Å². The van der Waals surface area contributed by atoms with Gasteiger partial charge in [-0.1, -0.05) is 40.2 Å². The number of fused-ring (bicyclic) bond motifs is 1. The molecule has 0 unspecified atom stereocenters. The van der Waals surface area contributed by atoms with Crippen LogP contribution in [0.15, 0.2) is 65.1 Å². The van der Waals surface area contributed by atoms with Crippen molar-refractivity contribution in [3.63, 3.8) is 0 Å². The first-order valence-electron chi connectivity index (χ1n) is 6.88. The Labute approximate surface area is 140 Å². The molecule has 3 aromatic carbocycles. The maximum absolute atomic E-state index is 12.5. The van der Waals surface area contributed by atoms with Crippen LogP contribution in [-0.2, 0) is 0 Å². The molecule has 0 aliphatic rings. The molecule has 3 rings (SSSR count). The average Bonchev–Trinajstić information content (AvgIpc) is 2.55. The Bertz CT molecular complexity index is 904. The van der Waals surface area contributed by atoms with Crippen LogP contribution in [0.4, 0.5) is 5.69 Å². The minimum absolute atomic E-state index is 0.178. The van der Waals surface area contributed by atoms with E-state index in [1.807, 2.05) is 30.3 Å². The molecule has 0 atom stereocenters. The van der Waals surface area contributed by atoms with Crippen LogP contribution in [0, 0.1) is 0 Å². The number of hydrogen-bond acceptors (Lipinski definition) is 2. The Hall–Kier alpha value is -2.66. The van der Waals surface area contributed by atoms with Crippen molar-refractivity contribution in [1.82, 2.24) is 0 Å². The minimum atomic E-state index is -0.998. The van der Waals surface area contributed by atoms with Gasteiger partial charge >= 0.3 is 5.97 Å². The van der Waals surface area contributed by atoms with E-state index < -0.39 is 5.97 Å². The lowest BCUT2D eigenvalue weighted by molar-refractivity contribution is 0.0696. The fourth-order valence-corrected chi connectivity index (χ4v) is 2.86. The summed E-state index contributed by atoms with van der Waals surface area (Å²) in [6, 6.07) is 17.3. The van der Waals surface area contributed by atoms with Gasteiger partial charge in [0.25, 0.3) is 5.91 Å². The highest BCUT2D eigenvalue weighted by Crippen LogP contribution is 2.26. The smallest absolute Gasteiger partial charge is 0.335 e. The lowest BCUT2D eigenvalue weighted by Gasteiger charge is -2.09. The van der Waals surface area contributed by atoms with E-state index >= 15 is 0 Å². The number of nitrogens with one attached hydrogen (secondary N) is 1. The SMILES string of the molecule is O=C(O)c1ccc(NC(=O)c2cccc3c(Br)cccc23)cc1. The van der Waals surface area contributed by atoms with Crippen molar-refractivity contribution in [3.05, 3.63) is 76.3 Å². The Balaban J connectivity index is 1.92. The molecule has 23 heavy (non-hydrogen) atoms. The van der Waals surface area contributed by atoms with Gasteiger partial charge in [0.05, 0.1) is 5.56 Å². The van der Waals surface area contributed by atoms with Gasteiger partial charge in [-0.25, -0.2) is 4.79 Å². The largest absolute Gasteiger partial charge is 0.478 e. The number of halogens is 1. The van der Waals surface area contributed by atoms with E-state index in [4.69, 9.17) is 5.11 Å². The molecule has 0 radical (unpaired) electrons. The van der Waals surface area contributed by atoms with Gasteiger partial charge in [-0.2, -0.15) is 0 Å². The van der Waals surface area contributed by atoms with Crippen LogP contribution in [-0.4, -0.2) is 17.0 Å². The molecule has 0 saturated carbocycles.